The molecule has 0 saturated heterocycles. The maximum Gasteiger partial charge on any atom is 0.0381 e. The van der Waals surface area contributed by atoms with Gasteiger partial charge in [-0.2, -0.15) is 0 Å². The topological polar surface area (TPSA) is 12.0 Å². The van der Waals surface area contributed by atoms with Crippen molar-refractivity contribution < 1.29 is 0 Å². The van der Waals surface area contributed by atoms with Crippen molar-refractivity contribution in [3.63, 3.8) is 0 Å². The lowest BCUT2D eigenvalue weighted by Gasteiger charge is -2.31. The smallest absolute Gasteiger partial charge is 0.0381 e. The number of rotatable bonds is 7. The van der Waals surface area contributed by atoms with Gasteiger partial charge in [-0.3, -0.25) is 0 Å². The molecule has 0 amide bonds. The minimum Gasteiger partial charge on any atom is -0.360 e. The molecule has 0 radical (unpaired) electrons. The third kappa shape index (κ3) is 4.54. The summed E-state index contributed by atoms with van der Waals surface area (Å²) >= 11 is 0. The number of allylic oxidation sites excluding steroid dienone is 6. The first-order valence-electron chi connectivity index (χ1n) is 9.81. The Hall–Kier alpha value is -2.80. The monoisotopic (exact) mass is 371 g/mol. The number of anilines is 1. The number of hydrogen-bond donors (Lipinski definition) is 1. The average Bonchev–Trinajstić information content (AvgIpc) is 2.67. The maximum atomic E-state index is 4.20. The summed E-state index contributed by atoms with van der Waals surface area (Å²) < 4.78 is 0. The highest BCUT2D eigenvalue weighted by molar-refractivity contribution is 5.68. The fraction of sp³-hybridized carbons (Fsp3) is 0.259. The molecule has 1 N–H and O–H groups in total. The Bertz CT molecular complexity index is 925. The molecule has 0 saturated carbocycles. The van der Waals surface area contributed by atoms with Gasteiger partial charge in [-0.1, -0.05) is 49.1 Å². The van der Waals surface area contributed by atoms with Crippen molar-refractivity contribution in [3.05, 3.63) is 107 Å². The molecule has 0 aliphatic rings. The van der Waals surface area contributed by atoms with Crippen LogP contribution in [0.4, 0.5) is 5.69 Å². The molecule has 0 spiro atoms. The molecule has 146 valence electrons. The van der Waals surface area contributed by atoms with Crippen LogP contribution in [0.3, 0.4) is 0 Å². The molecule has 2 aromatic rings. The van der Waals surface area contributed by atoms with E-state index in [-0.39, 0.29) is 5.41 Å². The third-order valence-electron chi connectivity index (χ3n) is 5.47. The second kappa shape index (κ2) is 8.93. The molecule has 1 unspecified atom stereocenters. The van der Waals surface area contributed by atoms with Gasteiger partial charge in [0.2, 0.25) is 0 Å². The second-order valence-corrected chi connectivity index (χ2v) is 7.73. The number of hydrogen-bond acceptors (Lipinski definition) is 1. The zero-order valence-corrected chi connectivity index (χ0v) is 18.2. The van der Waals surface area contributed by atoms with Crippen molar-refractivity contribution >= 4 is 11.3 Å². The number of nitrogens with one attached hydrogen (secondary N) is 1. The Morgan fingerprint density at radius 2 is 1.71 bits per heavy atom. The first-order chi connectivity index (χ1) is 13.2. The van der Waals surface area contributed by atoms with E-state index in [1.165, 1.54) is 33.4 Å². The molecule has 2 rings (SSSR count). The maximum absolute atomic E-state index is 4.20. The van der Waals surface area contributed by atoms with Crippen molar-refractivity contribution in [3.8, 4) is 0 Å². The Kier molecular flexibility index (Phi) is 6.85. The normalized spacial score (nSPS) is 14.0. The molecular formula is C27H33N. The summed E-state index contributed by atoms with van der Waals surface area (Å²) in [5.74, 6) is 0. The van der Waals surface area contributed by atoms with Gasteiger partial charge in [-0.25, -0.2) is 0 Å². The standard InChI is InChI=1S/C27H33N/c1-9-11-12-20(5)23-17-21(6)22(7)26(18-23)27(8,10-2)24-13-15-25(16-14-24)28-19(3)4/h9-18,28H,2-3H2,1,4-8H3/b11-9-,20-12+. The zero-order valence-electron chi connectivity index (χ0n) is 18.2. The molecule has 0 heterocycles. The third-order valence-corrected chi connectivity index (χ3v) is 5.47. The zero-order chi connectivity index (χ0) is 20.9. The van der Waals surface area contributed by atoms with Crippen molar-refractivity contribution in [1.82, 2.24) is 0 Å². The summed E-state index contributed by atoms with van der Waals surface area (Å²) in [5, 5.41) is 3.27. The van der Waals surface area contributed by atoms with E-state index >= 15 is 0 Å². The van der Waals surface area contributed by atoms with Gasteiger partial charge >= 0.3 is 0 Å². The van der Waals surface area contributed by atoms with Crippen LogP contribution in [0.5, 0.6) is 0 Å². The highest BCUT2D eigenvalue weighted by Gasteiger charge is 2.28. The largest absolute Gasteiger partial charge is 0.360 e. The highest BCUT2D eigenvalue weighted by Crippen LogP contribution is 2.38. The summed E-state index contributed by atoms with van der Waals surface area (Å²) in [6.07, 6.45) is 8.37. The van der Waals surface area contributed by atoms with E-state index in [0.717, 1.165) is 11.4 Å². The molecule has 0 bridgehead atoms. The van der Waals surface area contributed by atoms with E-state index in [4.69, 9.17) is 0 Å². The van der Waals surface area contributed by atoms with Gasteiger partial charge in [0.15, 0.2) is 0 Å². The lowest BCUT2D eigenvalue weighted by atomic mass is 9.73. The van der Waals surface area contributed by atoms with Crippen LogP contribution < -0.4 is 5.32 Å². The Labute approximate surface area is 171 Å². The van der Waals surface area contributed by atoms with Crippen molar-refractivity contribution in [2.24, 2.45) is 0 Å². The summed E-state index contributed by atoms with van der Waals surface area (Å²) in [4.78, 5) is 0. The van der Waals surface area contributed by atoms with Crippen molar-refractivity contribution in [2.75, 3.05) is 5.32 Å². The molecule has 1 nitrogen and oxygen atoms in total. The van der Waals surface area contributed by atoms with E-state index < -0.39 is 0 Å². The summed E-state index contributed by atoms with van der Waals surface area (Å²) in [7, 11) is 0. The predicted molar refractivity (Wildman–Crippen MR) is 126 cm³/mol. The molecule has 0 aliphatic carbocycles. The van der Waals surface area contributed by atoms with E-state index in [1.807, 2.05) is 13.8 Å². The average molecular weight is 372 g/mol. The Morgan fingerprint density at radius 1 is 1.07 bits per heavy atom. The first kappa shape index (κ1) is 21.5. The van der Waals surface area contributed by atoms with Crippen LogP contribution in [0.1, 0.15) is 55.5 Å². The van der Waals surface area contributed by atoms with Crippen LogP contribution in [0.2, 0.25) is 0 Å². The van der Waals surface area contributed by atoms with Crippen molar-refractivity contribution in [1.29, 1.82) is 0 Å². The lowest BCUT2D eigenvalue weighted by Crippen LogP contribution is -2.22. The molecule has 28 heavy (non-hydrogen) atoms. The fourth-order valence-electron chi connectivity index (χ4n) is 3.49. The van der Waals surface area contributed by atoms with E-state index in [9.17, 15) is 0 Å². The van der Waals surface area contributed by atoms with Crippen LogP contribution in [-0.2, 0) is 5.41 Å². The molecular weight excluding hydrogens is 338 g/mol. The van der Waals surface area contributed by atoms with Gasteiger partial charge in [0.1, 0.15) is 0 Å². The van der Waals surface area contributed by atoms with Crippen LogP contribution in [-0.4, -0.2) is 0 Å². The van der Waals surface area contributed by atoms with Crippen LogP contribution in [0.25, 0.3) is 5.57 Å². The van der Waals surface area contributed by atoms with Gasteiger partial charge < -0.3 is 5.32 Å². The number of benzene rings is 2. The van der Waals surface area contributed by atoms with Crippen LogP contribution >= 0.6 is 0 Å². The summed E-state index contributed by atoms with van der Waals surface area (Å²) in [6, 6.07) is 13.2. The summed E-state index contributed by atoms with van der Waals surface area (Å²) in [5.41, 5.74) is 9.36. The molecule has 2 aromatic carbocycles. The lowest BCUT2D eigenvalue weighted by molar-refractivity contribution is 0.717. The van der Waals surface area contributed by atoms with Gasteiger partial charge in [0, 0.05) is 16.8 Å². The first-order valence-corrected chi connectivity index (χ1v) is 9.81. The van der Waals surface area contributed by atoms with Gasteiger partial charge in [-0.05, 0) is 93.1 Å². The van der Waals surface area contributed by atoms with E-state index in [2.05, 4.69) is 107 Å². The van der Waals surface area contributed by atoms with Gasteiger partial charge in [0.25, 0.3) is 0 Å². The van der Waals surface area contributed by atoms with E-state index in [1.54, 1.807) is 0 Å². The molecule has 1 atom stereocenters. The second-order valence-electron chi connectivity index (χ2n) is 7.73. The quantitative estimate of drug-likeness (QED) is 0.388. The summed E-state index contributed by atoms with van der Waals surface area (Å²) in [6.45, 7) is 20.9. The van der Waals surface area contributed by atoms with Crippen LogP contribution in [0, 0.1) is 13.8 Å². The molecule has 0 aliphatic heterocycles. The molecule has 0 aromatic heterocycles. The molecule has 0 fully saturated rings. The van der Waals surface area contributed by atoms with E-state index in [0.29, 0.717) is 0 Å². The predicted octanol–water partition coefficient (Wildman–Crippen LogP) is 7.72. The minimum atomic E-state index is -0.270. The van der Waals surface area contributed by atoms with Gasteiger partial charge in [-0.15, -0.1) is 6.58 Å². The Balaban J connectivity index is 2.59. The van der Waals surface area contributed by atoms with Crippen molar-refractivity contribution in [2.45, 2.75) is 47.0 Å². The van der Waals surface area contributed by atoms with Crippen LogP contribution in [0.15, 0.2) is 79.6 Å². The highest BCUT2D eigenvalue weighted by atomic mass is 14.9. The molecule has 1 heteroatoms. The Morgan fingerprint density at radius 3 is 2.25 bits per heavy atom. The van der Waals surface area contributed by atoms with Gasteiger partial charge in [0.05, 0.1) is 0 Å². The minimum absolute atomic E-state index is 0.270. The number of aryl methyl sites for hydroxylation is 1. The fourth-order valence-corrected chi connectivity index (χ4v) is 3.49. The SMILES string of the molecule is C=CC(C)(c1ccc(NC(=C)C)cc1)c1cc(/C(C)=C/C=C\C)cc(C)c1C.